The predicted octanol–water partition coefficient (Wildman–Crippen LogP) is 2.74. The van der Waals surface area contributed by atoms with Crippen LogP contribution in [-0.4, -0.2) is 26.7 Å². The molecule has 2 aromatic carbocycles. The van der Waals surface area contributed by atoms with E-state index in [4.69, 9.17) is 9.47 Å². The first-order chi connectivity index (χ1) is 11.1. The minimum absolute atomic E-state index is 0.107. The van der Waals surface area contributed by atoms with E-state index in [0.717, 1.165) is 11.1 Å². The van der Waals surface area contributed by atoms with Crippen molar-refractivity contribution in [1.82, 2.24) is 5.32 Å². The van der Waals surface area contributed by atoms with Crippen LogP contribution in [0.1, 0.15) is 11.1 Å². The molecule has 0 bridgehead atoms. The van der Waals surface area contributed by atoms with Crippen molar-refractivity contribution in [3.8, 4) is 11.5 Å². The lowest BCUT2D eigenvalue weighted by atomic mass is 10.1. The van der Waals surface area contributed by atoms with Crippen molar-refractivity contribution < 1.29 is 18.7 Å². The van der Waals surface area contributed by atoms with Crippen LogP contribution < -0.4 is 14.8 Å². The second-order valence-electron chi connectivity index (χ2n) is 5.04. The fraction of sp³-hybridized carbons (Fsp3) is 0.278. The third-order valence-electron chi connectivity index (χ3n) is 3.50. The van der Waals surface area contributed by atoms with E-state index in [1.165, 1.54) is 19.2 Å². The first kappa shape index (κ1) is 16.8. The Kier molecular flexibility index (Phi) is 5.97. The summed E-state index contributed by atoms with van der Waals surface area (Å²) in [6.07, 6.45) is 0.739. The lowest BCUT2D eigenvalue weighted by Crippen LogP contribution is -2.27. The Balaban J connectivity index is 1.89. The van der Waals surface area contributed by atoms with Gasteiger partial charge in [0.15, 0.2) is 0 Å². The summed E-state index contributed by atoms with van der Waals surface area (Å²) in [4.78, 5) is 12.0. The summed E-state index contributed by atoms with van der Waals surface area (Å²) >= 11 is 0. The molecule has 0 aliphatic rings. The standard InChI is InChI=1S/C18H20FNO3/c1-22-16-6-4-3-5-13(16)12-18(21)20-10-9-14-11-15(19)7-8-17(14)23-2/h3-8,11H,9-10,12H2,1-2H3,(H,20,21). The predicted molar refractivity (Wildman–Crippen MR) is 86.4 cm³/mol. The average Bonchev–Trinajstić information content (AvgIpc) is 2.55. The molecule has 0 unspecified atom stereocenters. The summed E-state index contributed by atoms with van der Waals surface area (Å²) in [6.45, 7) is 0.411. The highest BCUT2D eigenvalue weighted by Crippen LogP contribution is 2.20. The summed E-state index contributed by atoms with van der Waals surface area (Å²) in [7, 11) is 3.12. The van der Waals surface area contributed by atoms with Gasteiger partial charge in [0.25, 0.3) is 0 Å². The average molecular weight is 317 g/mol. The Bertz CT molecular complexity index is 673. The van der Waals surface area contributed by atoms with Gasteiger partial charge in [-0.05, 0) is 36.2 Å². The largest absolute Gasteiger partial charge is 0.496 e. The smallest absolute Gasteiger partial charge is 0.224 e. The molecule has 0 atom stereocenters. The van der Waals surface area contributed by atoms with Crippen LogP contribution in [0.3, 0.4) is 0 Å². The number of halogens is 1. The Morgan fingerprint density at radius 1 is 1.04 bits per heavy atom. The molecular formula is C18H20FNO3. The minimum Gasteiger partial charge on any atom is -0.496 e. The maximum absolute atomic E-state index is 13.3. The highest BCUT2D eigenvalue weighted by molar-refractivity contribution is 5.79. The van der Waals surface area contributed by atoms with Crippen molar-refractivity contribution in [3.05, 3.63) is 59.4 Å². The summed E-state index contributed by atoms with van der Waals surface area (Å²) in [5, 5.41) is 2.83. The highest BCUT2D eigenvalue weighted by Gasteiger charge is 2.09. The molecule has 0 heterocycles. The molecule has 0 saturated carbocycles. The molecule has 23 heavy (non-hydrogen) atoms. The maximum Gasteiger partial charge on any atom is 0.224 e. The fourth-order valence-electron chi connectivity index (χ4n) is 2.36. The van der Waals surface area contributed by atoms with Gasteiger partial charge in [0, 0.05) is 12.1 Å². The molecule has 122 valence electrons. The first-order valence-electron chi connectivity index (χ1n) is 7.35. The Morgan fingerprint density at radius 2 is 1.74 bits per heavy atom. The van der Waals surface area contributed by atoms with E-state index in [0.29, 0.717) is 24.5 Å². The number of methoxy groups -OCH3 is 2. The first-order valence-corrected chi connectivity index (χ1v) is 7.35. The van der Waals surface area contributed by atoms with Gasteiger partial charge in [0.05, 0.1) is 20.6 Å². The molecule has 1 N–H and O–H groups in total. The van der Waals surface area contributed by atoms with Gasteiger partial charge >= 0.3 is 0 Å². The Morgan fingerprint density at radius 3 is 2.48 bits per heavy atom. The second-order valence-corrected chi connectivity index (χ2v) is 5.04. The van der Waals surface area contributed by atoms with E-state index < -0.39 is 0 Å². The van der Waals surface area contributed by atoms with Crippen molar-refractivity contribution in [2.45, 2.75) is 12.8 Å². The molecule has 2 rings (SSSR count). The van der Waals surface area contributed by atoms with Gasteiger partial charge in [0.2, 0.25) is 5.91 Å². The lowest BCUT2D eigenvalue weighted by Gasteiger charge is -2.11. The quantitative estimate of drug-likeness (QED) is 0.854. The van der Waals surface area contributed by atoms with Crippen LogP contribution in [-0.2, 0) is 17.6 Å². The molecular weight excluding hydrogens is 297 g/mol. The lowest BCUT2D eigenvalue weighted by molar-refractivity contribution is -0.120. The molecule has 0 aliphatic heterocycles. The molecule has 2 aromatic rings. The van der Waals surface area contributed by atoms with Crippen molar-refractivity contribution in [1.29, 1.82) is 0 Å². The van der Waals surface area contributed by atoms with E-state index in [1.54, 1.807) is 13.2 Å². The minimum atomic E-state index is -0.318. The van der Waals surface area contributed by atoms with Crippen LogP contribution in [0, 0.1) is 5.82 Å². The fourth-order valence-corrected chi connectivity index (χ4v) is 2.36. The number of rotatable bonds is 7. The van der Waals surface area contributed by atoms with Crippen molar-refractivity contribution in [2.24, 2.45) is 0 Å². The van der Waals surface area contributed by atoms with Gasteiger partial charge in [-0.25, -0.2) is 4.39 Å². The number of amides is 1. The zero-order valence-electron chi connectivity index (χ0n) is 13.3. The number of nitrogens with one attached hydrogen (secondary N) is 1. The maximum atomic E-state index is 13.3. The van der Waals surface area contributed by atoms with Crippen LogP contribution in [0.25, 0.3) is 0 Å². The molecule has 1 amide bonds. The number of hydrogen-bond acceptors (Lipinski definition) is 3. The molecule has 0 aliphatic carbocycles. The van der Waals surface area contributed by atoms with Crippen LogP contribution >= 0.6 is 0 Å². The number of hydrogen-bond donors (Lipinski definition) is 1. The van der Waals surface area contributed by atoms with Gasteiger partial charge in [-0.2, -0.15) is 0 Å². The van der Waals surface area contributed by atoms with Gasteiger partial charge in [-0.3, -0.25) is 4.79 Å². The number of ether oxygens (including phenoxy) is 2. The van der Waals surface area contributed by atoms with E-state index in [9.17, 15) is 9.18 Å². The molecule has 0 fully saturated rings. The molecule has 0 spiro atoms. The van der Waals surface area contributed by atoms with E-state index in [-0.39, 0.29) is 18.1 Å². The van der Waals surface area contributed by atoms with Crippen LogP contribution in [0.5, 0.6) is 11.5 Å². The highest BCUT2D eigenvalue weighted by atomic mass is 19.1. The van der Waals surface area contributed by atoms with Crippen molar-refractivity contribution >= 4 is 5.91 Å². The molecule has 0 saturated heterocycles. The monoisotopic (exact) mass is 317 g/mol. The second kappa shape index (κ2) is 8.17. The third kappa shape index (κ3) is 4.71. The van der Waals surface area contributed by atoms with E-state index in [2.05, 4.69) is 5.32 Å². The van der Waals surface area contributed by atoms with E-state index in [1.807, 2.05) is 24.3 Å². The Hall–Kier alpha value is -2.56. The Labute approximate surface area is 135 Å². The molecule has 5 heteroatoms. The van der Waals surface area contributed by atoms with Gasteiger partial charge in [0.1, 0.15) is 17.3 Å². The van der Waals surface area contributed by atoms with Gasteiger partial charge in [-0.15, -0.1) is 0 Å². The van der Waals surface area contributed by atoms with Crippen molar-refractivity contribution in [3.63, 3.8) is 0 Å². The summed E-state index contributed by atoms with van der Waals surface area (Å²) in [5.74, 6) is 0.880. The number of carbonyl (C=O) groups excluding carboxylic acids is 1. The number of para-hydroxylation sites is 1. The summed E-state index contributed by atoms with van der Waals surface area (Å²) in [6, 6.07) is 11.8. The van der Waals surface area contributed by atoms with Crippen LogP contribution in [0.15, 0.2) is 42.5 Å². The zero-order valence-corrected chi connectivity index (χ0v) is 13.3. The normalized spacial score (nSPS) is 10.2. The summed E-state index contributed by atoms with van der Waals surface area (Å²) in [5.41, 5.74) is 1.56. The number of benzene rings is 2. The zero-order chi connectivity index (χ0) is 16.7. The molecule has 0 aromatic heterocycles. The van der Waals surface area contributed by atoms with E-state index >= 15 is 0 Å². The van der Waals surface area contributed by atoms with Gasteiger partial charge < -0.3 is 14.8 Å². The molecule has 4 nitrogen and oxygen atoms in total. The van der Waals surface area contributed by atoms with Gasteiger partial charge in [-0.1, -0.05) is 18.2 Å². The topological polar surface area (TPSA) is 47.6 Å². The molecule has 0 radical (unpaired) electrons. The van der Waals surface area contributed by atoms with Crippen molar-refractivity contribution in [2.75, 3.05) is 20.8 Å². The van der Waals surface area contributed by atoms with Crippen LogP contribution in [0.2, 0.25) is 0 Å². The SMILES string of the molecule is COc1ccc(F)cc1CCNC(=O)Cc1ccccc1OC. The summed E-state index contributed by atoms with van der Waals surface area (Å²) < 4.78 is 23.7. The third-order valence-corrected chi connectivity index (χ3v) is 3.50. The van der Waals surface area contributed by atoms with Crippen LogP contribution in [0.4, 0.5) is 4.39 Å². The number of carbonyl (C=O) groups is 1.